The molecule has 0 radical (unpaired) electrons. The Kier molecular flexibility index (Phi) is 1.99. The molecule has 0 amide bonds. The van der Waals surface area contributed by atoms with Crippen LogP contribution in [0.2, 0.25) is 0 Å². The van der Waals surface area contributed by atoms with Gasteiger partial charge in [-0.15, -0.1) is 11.3 Å². The average molecular weight is 232 g/mol. The average Bonchev–Trinajstić information content (AvgIpc) is 2.84. The maximum absolute atomic E-state index is 10.8. The highest BCUT2D eigenvalue weighted by molar-refractivity contribution is 7.17. The van der Waals surface area contributed by atoms with Crippen LogP contribution in [0, 0.1) is 5.41 Å². The molecule has 1 saturated carbocycles. The minimum atomic E-state index is -0.697. The summed E-state index contributed by atoms with van der Waals surface area (Å²) in [6, 6.07) is 8.35. The summed E-state index contributed by atoms with van der Waals surface area (Å²) in [5.41, 5.74) is 0.475. The van der Waals surface area contributed by atoms with Crippen molar-refractivity contribution < 1.29 is 5.11 Å². The minimum Gasteiger partial charge on any atom is -0.385 e. The van der Waals surface area contributed by atoms with Crippen molar-refractivity contribution in [3.63, 3.8) is 0 Å². The zero-order valence-corrected chi connectivity index (χ0v) is 10.5. The molecule has 2 aromatic rings. The lowest BCUT2D eigenvalue weighted by molar-refractivity contribution is -0.0111. The molecule has 1 fully saturated rings. The quantitative estimate of drug-likeness (QED) is 0.832. The third kappa shape index (κ3) is 1.26. The smallest absolute Gasteiger partial charge is 0.0935 e. The first-order valence-electron chi connectivity index (χ1n) is 5.74. The van der Waals surface area contributed by atoms with Crippen LogP contribution in [0.15, 0.2) is 29.6 Å². The van der Waals surface area contributed by atoms with E-state index in [2.05, 4.69) is 30.5 Å². The molecule has 16 heavy (non-hydrogen) atoms. The van der Waals surface area contributed by atoms with Crippen LogP contribution in [0.25, 0.3) is 10.1 Å². The summed E-state index contributed by atoms with van der Waals surface area (Å²) < 4.78 is 1.24. The van der Waals surface area contributed by atoms with Gasteiger partial charge in [-0.3, -0.25) is 0 Å². The summed E-state index contributed by atoms with van der Waals surface area (Å²) in [7, 11) is 0. The van der Waals surface area contributed by atoms with Crippen LogP contribution in [-0.4, -0.2) is 5.11 Å². The van der Waals surface area contributed by atoms with Crippen LogP contribution in [0.1, 0.15) is 32.3 Å². The van der Waals surface area contributed by atoms with Crippen LogP contribution >= 0.6 is 11.3 Å². The summed E-state index contributed by atoms with van der Waals surface area (Å²) >= 11 is 1.72. The van der Waals surface area contributed by atoms with E-state index in [9.17, 15) is 5.11 Å². The lowest BCUT2D eigenvalue weighted by Gasteiger charge is -2.31. The fourth-order valence-corrected chi connectivity index (χ4v) is 3.39. The standard InChI is InChI=1S/C14H16OS/c1-13(7-8-13)14(2,15)11-5-3-4-10-6-9-16-12(10)11/h3-6,9,15H,7-8H2,1-2H3. The third-order valence-electron chi connectivity index (χ3n) is 4.18. The molecule has 0 spiro atoms. The van der Waals surface area contributed by atoms with Gasteiger partial charge in [0.1, 0.15) is 0 Å². The Morgan fingerprint density at radius 1 is 1.31 bits per heavy atom. The number of benzene rings is 1. The molecule has 0 saturated heterocycles. The summed E-state index contributed by atoms with van der Waals surface area (Å²) in [5, 5.41) is 14.1. The van der Waals surface area contributed by atoms with E-state index in [-0.39, 0.29) is 5.41 Å². The summed E-state index contributed by atoms with van der Waals surface area (Å²) in [4.78, 5) is 0. The Bertz CT molecular complexity index is 534. The Labute approximate surface area is 99.7 Å². The molecule has 1 aliphatic carbocycles. The highest BCUT2D eigenvalue weighted by Crippen LogP contribution is 2.58. The number of rotatable bonds is 2. The molecule has 1 aromatic heterocycles. The largest absolute Gasteiger partial charge is 0.385 e. The fourth-order valence-electron chi connectivity index (χ4n) is 2.38. The van der Waals surface area contributed by atoms with Gasteiger partial charge >= 0.3 is 0 Å². The summed E-state index contributed by atoms with van der Waals surface area (Å²) in [5.74, 6) is 0. The SMILES string of the molecule is CC1(C(C)(O)c2cccc3ccsc23)CC1. The van der Waals surface area contributed by atoms with Gasteiger partial charge < -0.3 is 5.11 Å². The third-order valence-corrected chi connectivity index (χ3v) is 5.14. The second-order valence-electron chi connectivity index (χ2n) is 5.28. The normalized spacial score (nSPS) is 21.9. The van der Waals surface area contributed by atoms with E-state index in [0.717, 1.165) is 18.4 Å². The van der Waals surface area contributed by atoms with Crippen molar-refractivity contribution >= 4 is 21.4 Å². The molecule has 84 valence electrons. The molecule has 1 nitrogen and oxygen atoms in total. The second kappa shape index (κ2) is 3.08. The van der Waals surface area contributed by atoms with Crippen LogP contribution in [0.4, 0.5) is 0 Å². The van der Waals surface area contributed by atoms with Gasteiger partial charge in [-0.1, -0.05) is 25.1 Å². The van der Waals surface area contributed by atoms with Gasteiger partial charge in [0.25, 0.3) is 0 Å². The van der Waals surface area contributed by atoms with Crippen molar-refractivity contribution in [3.05, 3.63) is 35.2 Å². The van der Waals surface area contributed by atoms with Crippen molar-refractivity contribution in [2.45, 2.75) is 32.3 Å². The molecule has 1 atom stereocenters. The maximum atomic E-state index is 10.8. The first-order chi connectivity index (χ1) is 7.55. The lowest BCUT2D eigenvalue weighted by Crippen LogP contribution is -2.31. The van der Waals surface area contributed by atoms with Crippen LogP contribution in [0.5, 0.6) is 0 Å². The van der Waals surface area contributed by atoms with E-state index < -0.39 is 5.60 Å². The first-order valence-corrected chi connectivity index (χ1v) is 6.62. The van der Waals surface area contributed by atoms with E-state index in [1.165, 1.54) is 10.1 Å². The maximum Gasteiger partial charge on any atom is 0.0935 e. The molecule has 0 aliphatic heterocycles. The number of aliphatic hydroxyl groups is 1. The van der Waals surface area contributed by atoms with Gasteiger partial charge in [-0.25, -0.2) is 0 Å². The highest BCUT2D eigenvalue weighted by Gasteiger charge is 2.53. The Hall–Kier alpha value is -0.860. The van der Waals surface area contributed by atoms with Crippen LogP contribution in [-0.2, 0) is 5.60 Å². The predicted molar refractivity (Wildman–Crippen MR) is 68.7 cm³/mol. The van der Waals surface area contributed by atoms with Crippen molar-refractivity contribution in [1.82, 2.24) is 0 Å². The molecule has 1 N–H and O–H groups in total. The van der Waals surface area contributed by atoms with Gasteiger partial charge in [0.15, 0.2) is 0 Å². The lowest BCUT2D eigenvalue weighted by atomic mass is 9.81. The number of hydrogen-bond acceptors (Lipinski definition) is 2. The number of thiophene rings is 1. The van der Waals surface area contributed by atoms with E-state index in [1.807, 2.05) is 13.0 Å². The molecule has 1 heterocycles. The van der Waals surface area contributed by atoms with E-state index >= 15 is 0 Å². The summed E-state index contributed by atoms with van der Waals surface area (Å²) in [6.45, 7) is 4.15. The first kappa shape index (κ1) is 10.3. The fraction of sp³-hybridized carbons (Fsp3) is 0.429. The summed E-state index contributed by atoms with van der Waals surface area (Å²) in [6.07, 6.45) is 2.25. The van der Waals surface area contributed by atoms with Crippen LogP contribution in [0.3, 0.4) is 0 Å². The van der Waals surface area contributed by atoms with Gasteiger partial charge in [0.2, 0.25) is 0 Å². The Balaban J connectivity index is 2.22. The molecule has 1 aliphatic rings. The molecule has 3 rings (SSSR count). The molecule has 0 bridgehead atoms. The molecular formula is C14H16OS. The zero-order chi connectivity index (χ0) is 11.4. The van der Waals surface area contributed by atoms with E-state index in [4.69, 9.17) is 0 Å². The van der Waals surface area contributed by atoms with Crippen LogP contribution < -0.4 is 0 Å². The number of hydrogen-bond donors (Lipinski definition) is 1. The molecule has 1 unspecified atom stereocenters. The number of fused-ring (bicyclic) bond motifs is 1. The zero-order valence-electron chi connectivity index (χ0n) is 9.66. The molecular weight excluding hydrogens is 216 g/mol. The Morgan fingerprint density at radius 3 is 2.75 bits per heavy atom. The minimum absolute atomic E-state index is 0.0747. The van der Waals surface area contributed by atoms with Gasteiger partial charge in [0, 0.05) is 15.7 Å². The van der Waals surface area contributed by atoms with Gasteiger partial charge in [-0.05, 0) is 36.6 Å². The molecule has 2 heteroatoms. The van der Waals surface area contributed by atoms with Crippen molar-refractivity contribution in [2.24, 2.45) is 5.41 Å². The highest BCUT2D eigenvalue weighted by atomic mass is 32.1. The van der Waals surface area contributed by atoms with Crippen molar-refractivity contribution in [1.29, 1.82) is 0 Å². The van der Waals surface area contributed by atoms with E-state index in [0.29, 0.717) is 0 Å². The second-order valence-corrected chi connectivity index (χ2v) is 6.19. The van der Waals surface area contributed by atoms with E-state index in [1.54, 1.807) is 11.3 Å². The van der Waals surface area contributed by atoms with Gasteiger partial charge in [0.05, 0.1) is 5.60 Å². The van der Waals surface area contributed by atoms with Crippen molar-refractivity contribution in [3.8, 4) is 0 Å². The Morgan fingerprint density at radius 2 is 2.06 bits per heavy atom. The topological polar surface area (TPSA) is 20.2 Å². The monoisotopic (exact) mass is 232 g/mol. The van der Waals surface area contributed by atoms with Gasteiger partial charge in [-0.2, -0.15) is 0 Å². The molecule has 1 aromatic carbocycles. The van der Waals surface area contributed by atoms with Crippen molar-refractivity contribution in [2.75, 3.05) is 0 Å². The predicted octanol–water partition coefficient (Wildman–Crippen LogP) is 3.91.